The van der Waals surface area contributed by atoms with Crippen LogP contribution in [0.5, 0.6) is 0 Å². The van der Waals surface area contributed by atoms with Crippen molar-refractivity contribution < 1.29 is 14.0 Å². The van der Waals surface area contributed by atoms with Gasteiger partial charge >= 0.3 is 0 Å². The summed E-state index contributed by atoms with van der Waals surface area (Å²) < 4.78 is 13.5. The summed E-state index contributed by atoms with van der Waals surface area (Å²) in [4.78, 5) is 26.4. The van der Waals surface area contributed by atoms with Crippen molar-refractivity contribution in [1.29, 1.82) is 0 Å². The zero-order valence-corrected chi connectivity index (χ0v) is 12.8. The van der Waals surface area contributed by atoms with Gasteiger partial charge in [0.25, 0.3) is 0 Å². The average molecular weight is 312 g/mol. The van der Waals surface area contributed by atoms with Gasteiger partial charge in [-0.25, -0.2) is 4.39 Å². The number of amides is 2. The summed E-state index contributed by atoms with van der Waals surface area (Å²) >= 11 is 0. The first-order chi connectivity index (χ1) is 11.1. The molecule has 1 N–H and O–H groups in total. The molecule has 1 aliphatic rings. The number of rotatable bonds is 3. The summed E-state index contributed by atoms with van der Waals surface area (Å²) in [5.74, 6) is -1.73. The minimum absolute atomic E-state index is 0.221. The van der Waals surface area contributed by atoms with E-state index in [1.54, 1.807) is 24.0 Å². The van der Waals surface area contributed by atoms with Gasteiger partial charge in [-0.1, -0.05) is 24.3 Å². The lowest BCUT2D eigenvalue weighted by molar-refractivity contribution is -0.129. The second kappa shape index (κ2) is 6.20. The molecule has 2 aromatic rings. The number of halogens is 1. The van der Waals surface area contributed by atoms with Crippen LogP contribution in [-0.4, -0.2) is 18.4 Å². The minimum Gasteiger partial charge on any atom is -0.325 e. The van der Waals surface area contributed by atoms with Crippen molar-refractivity contribution in [2.45, 2.75) is 13.3 Å². The highest BCUT2D eigenvalue weighted by molar-refractivity contribution is 6.13. The average Bonchev–Trinajstić information content (AvgIpc) is 2.93. The molecule has 1 aliphatic heterocycles. The first-order valence-electron chi connectivity index (χ1n) is 7.49. The van der Waals surface area contributed by atoms with E-state index < -0.39 is 11.8 Å². The third-order valence-electron chi connectivity index (χ3n) is 4.03. The van der Waals surface area contributed by atoms with Crippen LogP contribution in [0.3, 0.4) is 0 Å². The summed E-state index contributed by atoms with van der Waals surface area (Å²) in [6.45, 7) is 2.16. The molecule has 1 atom stereocenters. The van der Waals surface area contributed by atoms with Gasteiger partial charge in [-0.2, -0.15) is 0 Å². The molecular formula is C18H17FN2O2. The van der Waals surface area contributed by atoms with Crippen molar-refractivity contribution in [1.82, 2.24) is 0 Å². The van der Waals surface area contributed by atoms with E-state index >= 15 is 0 Å². The van der Waals surface area contributed by atoms with Crippen LogP contribution in [0.4, 0.5) is 15.8 Å². The molecule has 0 aromatic heterocycles. The number of hydrogen-bond acceptors (Lipinski definition) is 2. The topological polar surface area (TPSA) is 49.4 Å². The number of anilines is 2. The molecule has 0 saturated carbocycles. The van der Waals surface area contributed by atoms with Crippen molar-refractivity contribution in [3.05, 3.63) is 59.9 Å². The van der Waals surface area contributed by atoms with E-state index in [2.05, 4.69) is 5.32 Å². The lowest BCUT2D eigenvalue weighted by atomic mass is 10.1. The van der Waals surface area contributed by atoms with Crippen LogP contribution in [0.2, 0.25) is 0 Å². The Morgan fingerprint density at radius 2 is 1.96 bits per heavy atom. The molecule has 0 radical (unpaired) electrons. The molecule has 5 heteroatoms. The van der Waals surface area contributed by atoms with Gasteiger partial charge in [-0.15, -0.1) is 0 Å². The van der Waals surface area contributed by atoms with Crippen molar-refractivity contribution in [3.63, 3.8) is 0 Å². The van der Waals surface area contributed by atoms with Gasteiger partial charge in [0, 0.05) is 17.9 Å². The Kier molecular flexibility index (Phi) is 4.10. The summed E-state index contributed by atoms with van der Waals surface area (Å²) in [6, 6.07) is 13.8. The first-order valence-corrected chi connectivity index (χ1v) is 7.49. The Morgan fingerprint density at radius 3 is 2.65 bits per heavy atom. The molecule has 1 fully saturated rings. The summed E-state index contributed by atoms with van der Waals surface area (Å²) in [7, 11) is 0. The lowest BCUT2D eigenvalue weighted by Crippen LogP contribution is -2.33. The van der Waals surface area contributed by atoms with E-state index in [1.165, 1.54) is 6.07 Å². The molecule has 118 valence electrons. The van der Waals surface area contributed by atoms with Crippen LogP contribution in [-0.2, 0) is 9.59 Å². The smallest absolute Gasteiger partial charge is 0.239 e. The third-order valence-corrected chi connectivity index (χ3v) is 4.03. The Labute approximate surface area is 133 Å². The number of hydrogen-bond donors (Lipinski definition) is 1. The van der Waals surface area contributed by atoms with Gasteiger partial charge in [0.1, 0.15) is 11.7 Å². The fourth-order valence-corrected chi connectivity index (χ4v) is 2.69. The molecule has 2 aromatic carbocycles. The summed E-state index contributed by atoms with van der Waals surface area (Å²) in [6.07, 6.45) is 0.452. The quantitative estimate of drug-likeness (QED) is 0.885. The van der Waals surface area contributed by atoms with Gasteiger partial charge in [0.15, 0.2) is 0 Å². The van der Waals surface area contributed by atoms with Crippen molar-refractivity contribution in [2.75, 3.05) is 16.8 Å². The summed E-state index contributed by atoms with van der Waals surface area (Å²) in [5, 5.41) is 2.63. The molecular weight excluding hydrogens is 295 g/mol. The SMILES string of the molecule is Cc1ccc(NC(=O)C2CCN(c3ccccc3)C2=O)cc1F. The predicted octanol–water partition coefficient (Wildman–Crippen LogP) is 3.13. The molecule has 0 bridgehead atoms. The number of para-hydroxylation sites is 1. The van der Waals surface area contributed by atoms with Crippen LogP contribution < -0.4 is 10.2 Å². The van der Waals surface area contributed by atoms with Crippen molar-refractivity contribution in [2.24, 2.45) is 5.92 Å². The van der Waals surface area contributed by atoms with Gasteiger partial charge < -0.3 is 10.2 Å². The number of carbonyl (C=O) groups excluding carboxylic acids is 2. The van der Waals surface area contributed by atoms with E-state index in [-0.39, 0.29) is 11.7 Å². The fourth-order valence-electron chi connectivity index (χ4n) is 2.69. The number of carbonyl (C=O) groups is 2. The van der Waals surface area contributed by atoms with Gasteiger partial charge in [-0.05, 0) is 43.2 Å². The monoisotopic (exact) mass is 312 g/mol. The number of benzene rings is 2. The van der Waals surface area contributed by atoms with E-state index in [1.807, 2.05) is 30.3 Å². The van der Waals surface area contributed by atoms with Crippen molar-refractivity contribution in [3.8, 4) is 0 Å². The molecule has 4 nitrogen and oxygen atoms in total. The van der Waals surface area contributed by atoms with Crippen LogP contribution in [0.25, 0.3) is 0 Å². The summed E-state index contributed by atoms with van der Waals surface area (Å²) in [5.41, 5.74) is 1.66. The van der Waals surface area contributed by atoms with E-state index in [9.17, 15) is 14.0 Å². The Bertz CT molecular complexity index is 746. The molecule has 2 amide bonds. The maximum atomic E-state index is 13.5. The molecule has 23 heavy (non-hydrogen) atoms. The Hall–Kier alpha value is -2.69. The van der Waals surface area contributed by atoms with E-state index in [0.29, 0.717) is 24.2 Å². The van der Waals surface area contributed by atoms with Crippen LogP contribution in [0.1, 0.15) is 12.0 Å². The minimum atomic E-state index is -0.737. The zero-order valence-electron chi connectivity index (χ0n) is 12.8. The highest BCUT2D eigenvalue weighted by atomic mass is 19.1. The Morgan fingerprint density at radius 1 is 1.22 bits per heavy atom. The molecule has 0 aliphatic carbocycles. The number of nitrogens with zero attached hydrogens (tertiary/aromatic N) is 1. The number of aryl methyl sites for hydroxylation is 1. The number of nitrogens with one attached hydrogen (secondary N) is 1. The fraction of sp³-hybridized carbons (Fsp3) is 0.222. The van der Waals surface area contributed by atoms with Gasteiger partial charge in [0.05, 0.1) is 0 Å². The van der Waals surface area contributed by atoms with E-state index in [4.69, 9.17) is 0 Å². The van der Waals surface area contributed by atoms with Gasteiger partial charge in [0.2, 0.25) is 11.8 Å². The predicted molar refractivity (Wildman–Crippen MR) is 86.7 cm³/mol. The van der Waals surface area contributed by atoms with E-state index in [0.717, 1.165) is 5.69 Å². The first kappa shape index (κ1) is 15.2. The Balaban J connectivity index is 1.71. The largest absolute Gasteiger partial charge is 0.325 e. The maximum Gasteiger partial charge on any atom is 0.239 e. The molecule has 1 saturated heterocycles. The lowest BCUT2D eigenvalue weighted by Gasteiger charge is -2.16. The molecule has 1 heterocycles. The molecule has 3 rings (SSSR count). The second-order valence-electron chi connectivity index (χ2n) is 5.62. The standard InChI is InChI=1S/C18H17FN2O2/c1-12-7-8-13(11-16(12)19)20-17(22)15-9-10-21(18(15)23)14-5-3-2-4-6-14/h2-8,11,15H,9-10H2,1H3,(H,20,22). The van der Waals surface area contributed by atoms with Gasteiger partial charge in [-0.3, -0.25) is 9.59 Å². The molecule has 0 spiro atoms. The van der Waals surface area contributed by atoms with Crippen LogP contribution >= 0.6 is 0 Å². The maximum absolute atomic E-state index is 13.5. The molecule has 1 unspecified atom stereocenters. The highest BCUT2D eigenvalue weighted by Crippen LogP contribution is 2.26. The van der Waals surface area contributed by atoms with Crippen LogP contribution in [0, 0.1) is 18.7 Å². The zero-order chi connectivity index (χ0) is 16.4. The van der Waals surface area contributed by atoms with Crippen molar-refractivity contribution >= 4 is 23.2 Å². The third kappa shape index (κ3) is 3.08. The highest BCUT2D eigenvalue weighted by Gasteiger charge is 2.37. The second-order valence-corrected chi connectivity index (χ2v) is 5.62. The van der Waals surface area contributed by atoms with Crippen LogP contribution in [0.15, 0.2) is 48.5 Å². The normalized spacial score (nSPS) is 17.4.